The maximum atomic E-state index is 12.3. The lowest BCUT2D eigenvalue weighted by atomic mass is 9.88. The van der Waals surface area contributed by atoms with Crippen LogP contribution in [0.4, 0.5) is 4.79 Å². The molecule has 1 aliphatic rings. The summed E-state index contributed by atoms with van der Waals surface area (Å²) in [7, 11) is 0. The topological polar surface area (TPSA) is 29.5 Å². The largest absolute Gasteiger partial charge is 0.447 e. The fourth-order valence-electron chi connectivity index (χ4n) is 3.25. The molecule has 0 bridgehead atoms. The fourth-order valence-corrected chi connectivity index (χ4v) is 3.25. The lowest BCUT2D eigenvalue weighted by molar-refractivity contribution is 0.166. The van der Waals surface area contributed by atoms with Gasteiger partial charge in [0.05, 0.1) is 6.04 Å². The minimum atomic E-state index is -0.257. The van der Waals surface area contributed by atoms with Crippen LogP contribution < -0.4 is 0 Å². The first-order valence-electron chi connectivity index (χ1n) is 8.85. The molecule has 25 heavy (non-hydrogen) atoms. The first-order valence-corrected chi connectivity index (χ1v) is 8.85. The lowest BCUT2D eigenvalue weighted by Gasteiger charge is -2.25. The van der Waals surface area contributed by atoms with Crippen LogP contribution in [0.5, 0.6) is 0 Å². The SMILES string of the molecule is CC(/C(=C\N1C(=O)OC[C@@H]1C(C)C)c1ccccc1)c1ccccc1. The van der Waals surface area contributed by atoms with Gasteiger partial charge in [0.25, 0.3) is 0 Å². The van der Waals surface area contributed by atoms with E-state index in [1.165, 1.54) is 5.56 Å². The van der Waals surface area contributed by atoms with E-state index in [9.17, 15) is 4.79 Å². The molecule has 1 aliphatic heterocycles. The third-order valence-corrected chi connectivity index (χ3v) is 4.87. The van der Waals surface area contributed by atoms with E-state index < -0.39 is 0 Å². The van der Waals surface area contributed by atoms with Crippen LogP contribution in [0, 0.1) is 5.92 Å². The number of amides is 1. The van der Waals surface area contributed by atoms with Crippen molar-refractivity contribution >= 4 is 11.7 Å². The van der Waals surface area contributed by atoms with E-state index in [-0.39, 0.29) is 18.1 Å². The van der Waals surface area contributed by atoms with E-state index in [4.69, 9.17) is 4.74 Å². The van der Waals surface area contributed by atoms with E-state index in [1.807, 2.05) is 30.5 Å². The maximum absolute atomic E-state index is 12.3. The van der Waals surface area contributed by atoms with Gasteiger partial charge in [0, 0.05) is 12.1 Å². The molecule has 1 heterocycles. The van der Waals surface area contributed by atoms with Crippen molar-refractivity contribution in [3.8, 4) is 0 Å². The van der Waals surface area contributed by atoms with E-state index in [1.54, 1.807) is 4.90 Å². The molecule has 0 radical (unpaired) electrons. The summed E-state index contributed by atoms with van der Waals surface area (Å²) in [6, 6.07) is 20.7. The van der Waals surface area contributed by atoms with Crippen LogP contribution in [0.15, 0.2) is 66.9 Å². The monoisotopic (exact) mass is 335 g/mol. The Bertz CT molecular complexity index is 737. The Morgan fingerprint density at radius 3 is 2.24 bits per heavy atom. The maximum Gasteiger partial charge on any atom is 0.414 e. The average molecular weight is 335 g/mol. The van der Waals surface area contributed by atoms with Crippen LogP contribution >= 0.6 is 0 Å². The molecule has 0 saturated carbocycles. The number of benzene rings is 2. The van der Waals surface area contributed by atoms with Gasteiger partial charge >= 0.3 is 6.09 Å². The Hall–Kier alpha value is -2.55. The van der Waals surface area contributed by atoms with Crippen molar-refractivity contribution in [1.29, 1.82) is 0 Å². The molecular weight excluding hydrogens is 310 g/mol. The quantitative estimate of drug-likeness (QED) is 0.741. The van der Waals surface area contributed by atoms with Gasteiger partial charge in [-0.1, -0.05) is 81.4 Å². The van der Waals surface area contributed by atoms with Crippen molar-refractivity contribution in [2.75, 3.05) is 6.61 Å². The molecule has 2 atom stereocenters. The Morgan fingerprint density at radius 1 is 1.04 bits per heavy atom. The van der Waals surface area contributed by atoms with Gasteiger partial charge in [-0.05, 0) is 22.6 Å². The van der Waals surface area contributed by atoms with Crippen molar-refractivity contribution in [3.63, 3.8) is 0 Å². The molecule has 3 nitrogen and oxygen atoms in total. The van der Waals surface area contributed by atoms with Crippen molar-refractivity contribution in [2.45, 2.75) is 32.7 Å². The van der Waals surface area contributed by atoms with Crippen LogP contribution in [-0.2, 0) is 4.74 Å². The second-order valence-corrected chi connectivity index (χ2v) is 6.88. The first-order chi connectivity index (χ1) is 12.1. The Kier molecular flexibility index (Phi) is 5.22. The molecule has 2 aromatic carbocycles. The molecule has 0 aliphatic carbocycles. The van der Waals surface area contributed by atoms with E-state index in [0.29, 0.717) is 12.5 Å². The zero-order chi connectivity index (χ0) is 17.8. The number of nitrogens with zero attached hydrogens (tertiary/aromatic N) is 1. The van der Waals surface area contributed by atoms with Gasteiger partial charge in [-0.15, -0.1) is 0 Å². The van der Waals surface area contributed by atoms with E-state index >= 15 is 0 Å². The zero-order valence-electron chi connectivity index (χ0n) is 15.1. The highest BCUT2D eigenvalue weighted by Crippen LogP contribution is 2.33. The Balaban J connectivity index is 2.03. The van der Waals surface area contributed by atoms with Crippen LogP contribution in [0.1, 0.15) is 37.8 Å². The molecule has 1 saturated heterocycles. The molecule has 3 rings (SSSR count). The van der Waals surface area contributed by atoms with Gasteiger partial charge in [-0.3, -0.25) is 4.90 Å². The number of rotatable bonds is 5. The third-order valence-electron chi connectivity index (χ3n) is 4.87. The summed E-state index contributed by atoms with van der Waals surface area (Å²) in [5, 5.41) is 0. The van der Waals surface area contributed by atoms with Gasteiger partial charge in [0.15, 0.2) is 0 Å². The number of hydrogen-bond donors (Lipinski definition) is 0. The highest BCUT2D eigenvalue weighted by Gasteiger charge is 2.34. The highest BCUT2D eigenvalue weighted by atomic mass is 16.6. The standard InChI is InChI=1S/C22H25NO2/c1-16(2)21-15-25-22(24)23(21)14-20(19-12-8-5-9-13-19)17(3)18-10-6-4-7-11-18/h4-14,16-17,21H,15H2,1-3H3/b20-14+/t17?,21-/m1/s1. The molecule has 0 spiro atoms. The summed E-state index contributed by atoms with van der Waals surface area (Å²) in [6.45, 7) is 6.88. The van der Waals surface area contributed by atoms with Crippen LogP contribution in [0.25, 0.3) is 5.57 Å². The van der Waals surface area contributed by atoms with Gasteiger partial charge in [-0.2, -0.15) is 0 Å². The summed E-state index contributed by atoms with van der Waals surface area (Å²) in [5.74, 6) is 0.511. The van der Waals surface area contributed by atoms with Gasteiger partial charge in [0.1, 0.15) is 6.61 Å². The van der Waals surface area contributed by atoms with Crippen molar-refractivity contribution < 1.29 is 9.53 Å². The predicted molar refractivity (Wildman–Crippen MR) is 101 cm³/mol. The predicted octanol–water partition coefficient (Wildman–Crippen LogP) is 5.31. The summed E-state index contributed by atoms with van der Waals surface area (Å²) in [6.07, 6.45) is 1.74. The van der Waals surface area contributed by atoms with Crippen molar-refractivity contribution in [1.82, 2.24) is 4.90 Å². The Labute approximate surface area is 149 Å². The number of ether oxygens (including phenoxy) is 1. The van der Waals surface area contributed by atoms with Gasteiger partial charge in [-0.25, -0.2) is 4.79 Å². The normalized spacial score (nSPS) is 19.2. The summed E-state index contributed by atoms with van der Waals surface area (Å²) >= 11 is 0. The molecule has 1 unspecified atom stereocenters. The van der Waals surface area contributed by atoms with E-state index in [2.05, 4.69) is 57.2 Å². The van der Waals surface area contributed by atoms with E-state index in [0.717, 1.165) is 11.1 Å². The molecule has 3 heteroatoms. The van der Waals surface area contributed by atoms with Crippen LogP contribution in [0.3, 0.4) is 0 Å². The molecule has 1 fully saturated rings. The molecule has 130 valence electrons. The fraction of sp³-hybridized carbons (Fsp3) is 0.318. The minimum absolute atomic E-state index is 0.0779. The van der Waals surface area contributed by atoms with Gasteiger partial charge < -0.3 is 4.74 Å². The second kappa shape index (κ2) is 7.56. The number of cyclic esters (lactones) is 1. The number of carbonyl (C=O) groups excluding carboxylic acids is 1. The average Bonchev–Trinajstić information content (AvgIpc) is 3.01. The first kappa shape index (κ1) is 17.3. The molecule has 0 aromatic heterocycles. The van der Waals surface area contributed by atoms with Crippen molar-refractivity contribution in [2.24, 2.45) is 5.92 Å². The lowest BCUT2D eigenvalue weighted by Crippen LogP contribution is -2.33. The number of carbonyl (C=O) groups is 1. The van der Waals surface area contributed by atoms with Gasteiger partial charge in [0.2, 0.25) is 0 Å². The molecule has 2 aromatic rings. The smallest absolute Gasteiger partial charge is 0.414 e. The summed E-state index contributed by atoms with van der Waals surface area (Å²) in [4.78, 5) is 14.0. The number of allylic oxidation sites excluding steroid dienone is 1. The summed E-state index contributed by atoms with van der Waals surface area (Å²) in [5.41, 5.74) is 3.48. The van der Waals surface area contributed by atoms with Crippen LogP contribution in [0.2, 0.25) is 0 Å². The number of hydrogen-bond acceptors (Lipinski definition) is 2. The highest BCUT2D eigenvalue weighted by molar-refractivity contribution is 5.77. The molecule has 0 N–H and O–H groups in total. The second-order valence-electron chi connectivity index (χ2n) is 6.88. The Morgan fingerprint density at radius 2 is 1.64 bits per heavy atom. The van der Waals surface area contributed by atoms with Crippen molar-refractivity contribution in [3.05, 3.63) is 78.0 Å². The summed E-state index contributed by atoms with van der Waals surface area (Å²) < 4.78 is 5.30. The molecular formula is C22H25NO2. The minimum Gasteiger partial charge on any atom is -0.447 e. The third kappa shape index (κ3) is 3.76. The molecule has 1 amide bonds. The zero-order valence-corrected chi connectivity index (χ0v) is 15.1. The van der Waals surface area contributed by atoms with Crippen LogP contribution in [-0.4, -0.2) is 23.6 Å².